The minimum atomic E-state index is -0.489. The number of rotatable bonds is 4. The number of thiazole rings is 1. The van der Waals surface area contributed by atoms with Gasteiger partial charge >= 0.3 is 0 Å². The van der Waals surface area contributed by atoms with E-state index in [1.165, 1.54) is 0 Å². The van der Waals surface area contributed by atoms with Crippen molar-refractivity contribution in [3.8, 4) is 0 Å². The van der Waals surface area contributed by atoms with E-state index in [-0.39, 0.29) is 0 Å². The number of aromatic nitrogens is 2. The number of aliphatic hydroxyl groups is 1. The summed E-state index contributed by atoms with van der Waals surface area (Å²) in [5, 5.41) is 13.2. The maximum absolute atomic E-state index is 10.2. The molecule has 0 fully saturated rings. The molecule has 2 aromatic heterocycles. The maximum Gasteiger partial charge on any atom is 0.193 e. The van der Waals surface area contributed by atoms with Crippen LogP contribution in [0.2, 0.25) is 10.0 Å². The smallest absolute Gasteiger partial charge is 0.193 e. The molecule has 3 nitrogen and oxygen atoms in total. The summed E-state index contributed by atoms with van der Waals surface area (Å²) < 4.78 is 1.96. The van der Waals surface area contributed by atoms with Crippen molar-refractivity contribution < 1.29 is 5.11 Å². The van der Waals surface area contributed by atoms with Crippen molar-refractivity contribution in [1.29, 1.82) is 0 Å². The number of hydrogen-bond acceptors (Lipinski definition) is 3. The molecule has 104 valence electrons. The summed E-state index contributed by atoms with van der Waals surface area (Å²) in [6.45, 7) is 0. The van der Waals surface area contributed by atoms with E-state index in [0.29, 0.717) is 22.9 Å². The van der Waals surface area contributed by atoms with E-state index < -0.39 is 6.10 Å². The third-order valence-electron chi connectivity index (χ3n) is 3.04. The van der Waals surface area contributed by atoms with E-state index in [2.05, 4.69) is 4.98 Å². The molecule has 0 aliphatic rings. The van der Waals surface area contributed by atoms with Crippen LogP contribution in [0, 0.1) is 0 Å². The number of halogens is 2. The van der Waals surface area contributed by atoms with Crippen molar-refractivity contribution in [3.05, 3.63) is 57.3 Å². The lowest BCUT2D eigenvalue weighted by molar-refractivity contribution is 0.174. The molecule has 1 unspecified atom stereocenters. The van der Waals surface area contributed by atoms with Gasteiger partial charge in [-0.05, 0) is 24.1 Å². The minimum absolute atomic E-state index is 0.489. The first-order valence-corrected chi connectivity index (χ1v) is 7.78. The van der Waals surface area contributed by atoms with Crippen molar-refractivity contribution in [3.63, 3.8) is 0 Å². The molecule has 0 radical (unpaired) electrons. The SMILES string of the molecule is OC(Cc1ccc(Cl)c(Cl)c1)Cc1cn2ccsc2n1. The number of hydrogen-bond donors (Lipinski definition) is 1. The Balaban J connectivity index is 1.68. The Hall–Kier alpha value is -1.07. The first-order chi connectivity index (χ1) is 9.61. The molecule has 0 saturated heterocycles. The molecular formula is C14H12Cl2N2OS. The van der Waals surface area contributed by atoms with Crippen molar-refractivity contribution in [2.45, 2.75) is 18.9 Å². The molecule has 20 heavy (non-hydrogen) atoms. The lowest BCUT2D eigenvalue weighted by Gasteiger charge is -2.09. The summed E-state index contributed by atoms with van der Waals surface area (Å²) >= 11 is 13.4. The van der Waals surface area contributed by atoms with Crippen LogP contribution >= 0.6 is 34.5 Å². The zero-order valence-corrected chi connectivity index (χ0v) is 12.8. The molecule has 1 atom stereocenters. The first-order valence-electron chi connectivity index (χ1n) is 6.15. The number of imidazole rings is 1. The van der Waals surface area contributed by atoms with E-state index in [0.717, 1.165) is 16.2 Å². The number of nitrogens with zero attached hydrogens (tertiary/aromatic N) is 2. The highest BCUT2D eigenvalue weighted by molar-refractivity contribution is 7.15. The Kier molecular flexibility index (Phi) is 3.98. The maximum atomic E-state index is 10.2. The van der Waals surface area contributed by atoms with Crippen molar-refractivity contribution in [2.24, 2.45) is 0 Å². The molecule has 1 aromatic carbocycles. The van der Waals surface area contributed by atoms with Gasteiger partial charge in [0.1, 0.15) is 0 Å². The third kappa shape index (κ3) is 2.99. The fraction of sp³-hybridized carbons (Fsp3) is 0.214. The number of benzene rings is 1. The highest BCUT2D eigenvalue weighted by Crippen LogP contribution is 2.23. The van der Waals surface area contributed by atoms with Gasteiger partial charge in [-0.1, -0.05) is 29.3 Å². The molecule has 3 aromatic rings. The fourth-order valence-electron chi connectivity index (χ4n) is 2.13. The van der Waals surface area contributed by atoms with E-state index >= 15 is 0 Å². The molecule has 6 heteroatoms. The molecule has 1 N–H and O–H groups in total. The van der Waals surface area contributed by atoms with Crippen LogP contribution in [0.5, 0.6) is 0 Å². The highest BCUT2D eigenvalue weighted by Gasteiger charge is 2.11. The Labute approximate surface area is 130 Å². The number of aliphatic hydroxyl groups excluding tert-OH is 1. The molecule has 0 amide bonds. The summed E-state index contributed by atoms with van der Waals surface area (Å²) in [5.41, 5.74) is 1.86. The van der Waals surface area contributed by atoms with Gasteiger partial charge in [-0.15, -0.1) is 11.3 Å². The topological polar surface area (TPSA) is 37.5 Å². The Bertz CT molecular complexity index is 709. The van der Waals surface area contributed by atoms with Crippen LogP contribution in [-0.2, 0) is 12.8 Å². The monoisotopic (exact) mass is 326 g/mol. The normalized spacial score (nSPS) is 12.9. The van der Waals surface area contributed by atoms with Gasteiger partial charge < -0.3 is 5.11 Å². The van der Waals surface area contributed by atoms with Crippen LogP contribution in [0.3, 0.4) is 0 Å². The van der Waals surface area contributed by atoms with Crippen LogP contribution < -0.4 is 0 Å². The van der Waals surface area contributed by atoms with Gasteiger partial charge in [0.05, 0.1) is 21.8 Å². The largest absolute Gasteiger partial charge is 0.392 e. The van der Waals surface area contributed by atoms with Gasteiger partial charge in [-0.3, -0.25) is 4.40 Å². The molecule has 3 rings (SSSR count). The Morgan fingerprint density at radius 2 is 2.10 bits per heavy atom. The Morgan fingerprint density at radius 1 is 1.25 bits per heavy atom. The standard InChI is InChI=1S/C14H12Cl2N2OS/c15-12-2-1-9(6-13(12)16)5-11(19)7-10-8-18-3-4-20-14(18)17-10/h1-4,6,8,11,19H,5,7H2. The molecule has 0 aliphatic heterocycles. The number of fused-ring (bicyclic) bond motifs is 1. The molecular weight excluding hydrogens is 315 g/mol. The van der Waals surface area contributed by atoms with E-state index in [4.69, 9.17) is 23.2 Å². The molecule has 2 heterocycles. The second-order valence-electron chi connectivity index (χ2n) is 4.64. The fourth-order valence-corrected chi connectivity index (χ4v) is 3.17. The summed E-state index contributed by atoms with van der Waals surface area (Å²) in [6.07, 6.45) is 4.47. The second-order valence-corrected chi connectivity index (χ2v) is 6.32. The van der Waals surface area contributed by atoms with Crippen molar-refractivity contribution >= 4 is 39.5 Å². The quantitative estimate of drug-likeness (QED) is 0.790. The second kappa shape index (κ2) is 5.74. The predicted molar refractivity (Wildman–Crippen MR) is 82.9 cm³/mol. The average Bonchev–Trinajstić information content (AvgIpc) is 2.94. The van der Waals surface area contributed by atoms with Crippen LogP contribution in [0.25, 0.3) is 4.96 Å². The van der Waals surface area contributed by atoms with Gasteiger partial charge in [-0.2, -0.15) is 0 Å². The van der Waals surface area contributed by atoms with Gasteiger partial charge in [0, 0.05) is 24.2 Å². The summed E-state index contributed by atoms with van der Waals surface area (Å²) in [4.78, 5) is 5.41. The van der Waals surface area contributed by atoms with Gasteiger partial charge in [-0.25, -0.2) is 4.98 Å². The first kappa shape index (κ1) is 13.9. The zero-order chi connectivity index (χ0) is 14.1. The van der Waals surface area contributed by atoms with E-state index in [9.17, 15) is 5.11 Å². The van der Waals surface area contributed by atoms with Gasteiger partial charge in [0.25, 0.3) is 0 Å². The van der Waals surface area contributed by atoms with Gasteiger partial charge in [0.2, 0.25) is 0 Å². The van der Waals surface area contributed by atoms with Crippen LogP contribution in [0.15, 0.2) is 36.0 Å². The van der Waals surface area contributed by atoms with Crippen LogP contribution in [0.1, 0.15) is 11.3 Å². The average molecular weight is 327 g/mol. The lowest BCUT2D eigenvalue weighted by atomic mass is 10.0. The summed E-state index contributed by atoms with van der Waals surface area (Å²) in [6, 6.07) is 5.42. The van der Waals surface area contributed by atoms with Crippen molar-refractivity contribution in [2.75, 3.05) is 0 Å². The lowest BCUT2D eigenvalue weighted by Crippen LogP contribution is -2.14. The molecule has 0 bridgehead atoms. The van der Waals surface area contributed by atoms with Gasteiger partial charge in [0.15, 0.2) is 4.96 Å². The molecule has 0 saturated carbocycles. The molecule has 0 aliphatic carbocycles. The summed E-state index contributed by atoms with van der Waals surface area (Å²) in [5.74, 6) is 0. The predicted octanol–water partition coefficient (Wildman–Crippen LogP) is 3.85. The van der Waals surface area contributed by atoms with Crippen LogP contribution in [0.4, 0.5) is 0 Å². The Morgan fingerprint density at radius 3 is 2.85 bits per heavy atom. The third-order valence-corrected chi connectivity index (χ3v) is 4.55. The van der Waals surface area contributed by atoms with Crippen LogP contribution in [-0.4, -0.2) is 20.6 Å². The minimum Gasteiger partial charge on any atom is -0.392 e. The van der Waals surface area contributed by atoms with E-state index in [1.54, 1.807) is 23.5 Å². The summed E-state index contributed by atoms with van der Waals surface area (Å²) in [7, 11) is 0. The zero-order valence-electron chi connectivity index (χ0n) is 10.5. The molecule has 0 spiro atoms. The highest BCUT2D eigenvalue weighted by atomic mass is 35.5. The van der Waals surface area contributed by atoms with E-state index in [1.807, 2.05) is 28.2 Å². The van der Waals surface area contributed by atoms with Crippen molar-refractivity contribution in [1.82, 2.24) is 9.38 Å².